The molecular weight excluding hydrogens is 576 g/mol. The molecular formula is C33H51F2NO8. The van der Waals surface area contributed by atoms with Crippen molar-refractivity contribution < 1.29 is 48.0 Å². The van der Waals surface area contributed by atoms with Crippen LogP contribution in [0.5, 0.6) is 5.75 Å². The van der Waals surface area contributed by atoms with Crippen molar-refractivity contribution in [3.8, 4) is 5.75 Å². The van der Waals surface area contributed by atoms with Crippen molar-refractivity contribution in [1.82, 2.24) is 5.32 Å². The number of phenols is 1. The number of aliphatic carboxylic acids is 1. The fourth-order valence-electron chi connectivity index (χ4n) is 4.93. The van der Waals surface area contributed by atoms with Gasteiger partial charge in [-0.05, 0) is 43.4 Å². The summed E-state index contributed by atoms with van der Waals surface area (Å²) in [5.74, 6) is -7.49. The predicted octanol–water partition coefficient (Wildman–Crippen LogP) is 5.95. The molecule has 0 bridgehead atoms. The number of nitrogens with one attached hydrogen (secondary N) is 1. The number of ether oxygens (including phenoxy) is 2. The number of carbonyl (C=O) groups excluding carboxylic acids is 2. The van der Waals surface area contributed by atoms with Crippen LogP contribution in [0.2, 0.25) is 0 Å². The third-order valence-electron chi connectivity index (χ3n) is 7.67. The number of hydrogen-bond donors (Lipinski definition) is 4. The highest BCUT2D eigenvalue weighted by Gasteiger charge is 2.47. The number of carbonyl (C=O) groups is 3. The standard InChI is InChI=1S/C33H51F2NO8/c1-4-5-6-10-13-20-32(34,35)21-14-11-8-7-9-12-15-27(33(42,31(40)41)22-23-43-2)29(38)36-28(30(39)44-3)24-25-16-18-26(37)19-17-25/h12,15-19,27-28,37,42H,4-11,13-14,20-24H2,1-3H3,(H,36,38)(H,40,41)/b15-12+/t27-,28?,33+/m1/s1. The number of alkyl halides is 2. The summed E-state index contributed by atoms with van der Waals surface area (Å²) in [4.78, 5) is 38.1. The highest BCUT2D eigenvalue weighted by Crippen LogP contribution is 2.29. The van der Waals surface area contributed by atoms with Crippen LogP contribution in [-0.4, -0.2) is 71.6 Å². The molecule has 1 amide bonds. The van der Waals surface area contributed by atoms with E-state index >= 15 is 0 Å². The maximum Gasteiger partial charge on any atom is 0.336 e. The second-order valence-corrected chi connectivity index (χ2v) is 11.3. The zero-order valence-corrected chi connectivity index (χ0v) is 26.4. The van der Waals surface area contributed by atoms with Crippen molar-refractivity contribution in [3.05, 3.63) is 42.0 Å². The molecule has 0 saturated carbocycles. The highest BCUT2D eigenvalue weighted by molar-refractivity contribution is 5.92. The quantitative estimate of drug-likeness (QED) is 0.0626. The fourth-order valence-corrected chi connectivity index (χ4v) is 4.93. The normalized spacial score (nSPS) is 14.6. The van der Waals surface area contributed by atoms with E-state index in [2.05, 4.69) is 12.2 Å². The van der Waals surface area contributed by atoms with Crippen molar-refractivity contribution >= 4 is 17.8 Å². The molecule has 1 rings (SSSR count). The Kier molecular flexibility index (Phi) is 18.4. The van der Waals surface area contributed by atoms with Crippen LogP contribution in [0.15, 0.2) is 36.4 Å². The molecule has 1 aromatic rings. The van der Waals surface area contributed by atoms with E-state index in [1.54, 1.807) is 18.2 Å². The Balaban J connectivity index is 2.83. The summed E-state index contributed by atoms with van der Waals surface area (Å²) in [5.41, 5.74) is -1.93. The lowest BCUT2D eigenvalue weighted by Crippen LogP contribution is -2.55. The number of amides is 1. The molecule has 0 heterocycles. The van der Waals surface area contributed by atoms with Crippen molar-refractivity contribution in [2.45, 2.75) is 114 Å². The number of carboxylic acids is 1. The second kappa shape index (κ2) is 20.8. The number of methoxy groups -OCH3 is 2. The molecule has 1 unspecified atom stereocenters. The minimum Gasteiger partial charge on any atom is -0.508 e. The largest absolute Gasteiger partial charge is 0.508 e. The van der Waals surface area contributed by atoms with E-state index in [0.29, 0.717) is 44.1 Å². The minimum atomic E-state index is -2.65. The van der Waals surface area contributed by atoms with E-state index in [4.69, 9.17) is 9.47 Å². The lowest BCUT2D eigenvalue weighted by Gasteiger charge is -2.30. The third-order valence-corrected chi connectivity index (χ3v) is 7.67. The molecule has 0 radical (unpaired) electrons. The zero-order valence-electron chi connectivity index (χ0n) is 26.4. The van der Waals surface area contributed by atoms with Gasteiger partial charge in [-0.3, -0.25) is 4.79 Å². The van der Waals surface area contributed by atoms with Crippen molar-refractivity contribution in [3.63, 3.8) is 0 Å². The summed E-state index contributed by atoms with van der Waals surface area (Å²) in [6, 6.07) is 4.79. The van der Waals surface area contributed by atoms with Crippen molar-refractivity contribution in [2.24, 2.45) is 5.92 Å². The van der Waals surface area contributed by atoms with Gasteiger partial charge in [0.2, 0.25) is 11.8 Å². The van der Waals surface area contributed by atoms with Gasteiger partial charge in [-0.1, -0.05) is 69.7 Å². The van der Waals surface area contributed by atoms with Crippen LogP contribution in [0.4, 0.5) is 8.78 Å². The molecule has 0 fully saturated rings. The molecule has 0 aliphatic carbocycles. The monoisotopic (exact) mass is 627 g/mol. The summed E-state index contributed by atoms with van der Waals surface area (Å²) >= 11 is 0. The molecule has 44 heavy (non-hydrogen) atoms. The number of aliphatic hydroxyl groups is 1. The maximum atomic E-state index is 14.1. The molecule has 250 valence electrons. The molecule has 0 aliphatic rings. The summed E-state index contributed by atoms with van der Waals surface area (Å²) in [5, 5.41) is 33.1. The van der Waals surface area contributed by atoms with Gasteiger partial charge >= 0.3 is 11.9 Å². The summed E-state index contributed by atoms with van der Waals surface area (Å²) < 4.78 is 38.0. The number of allylic oxidation sites excluding steroid dienone is 1. The van der Waals surface area contributed by atoms with Gasteiger partial charge in [0.1, 0.15) is 11.8 Å². The molecule has 0 aromatic heterocycles. The molecule has 3 atom stereocenters. The van der Waals surface area contributed by atoms with E-state index in [0.717, 1.165) is 32.8 Å². The van der Waals surface area contributed by atoms with Gasteiger partial charge in [0.15, 0.2) is 5.60 Å². The average molecular weight is 628 g/mol. The zero-order chi connectivity index (χ0) is 33.0. The number of halogens is 2. The van der Waals surface area contributed by atoms with E-state index in [-0.39, 0.29) is 31.6 Å². The Labute approximate surface area is 260 Å². The van der Waals surface area contributed by atoms with Crippen molar-refractivity contribution in [1.29, 1.82) is 0 Å². The molecule has 0 aliphatic heterocycles. The molecule has 0 saturated heterocycles. The first-order chi connectivity index (χ1) is 20.9. The first-order valence-corrected chi connectivity index (χ1v) is 15.6. The minimum absolute atomic E-state index is 0.00337. The van der Waals surface area contributed by atoms with Gasteiger partial charge in [-0.25, -0.2) is 18.4 Å². The number of benzene rings is 1. The van der Waals surface area contributed by atoms with Gasteiger partial charge < -0.3 is 30.1 Å². The first kappa shape index (κ1) is 39.0. The van der Waals surface area contributed by atoms with E-state index in [1.807, 2.05) is 0 Å². The van der Waals surface area contributed by atoms with Gasteiger partial charge in [-0.15, -0.1) is 0 Å². The van der Waals surface area contributed by atoms with E-state index in [1.165, 1.54) is 25.3 Å². The van der Waals surface area contributed by atoms with Gasteiger partial charge in [0.25, 0.3) is 0 Å². The lowest BCUT2D eigenvalue weighted by atomic mass is 9.83. The molecule has 4 N–H and O–H groups in total. The smallest absolute Gasteiger partial charge is 0.336 e. The van der Waals surface area contributed by atoms with Crippen LogP contribution in [-0.2, 0) is 30.3 Å². The first-order valence-electron chi connectivity index (χ1n) is 15.6. The highest BCUT2D eigenvalue weighted by atomic mass is 19.3. The van der Waals surface area contributed by atoms with Crippen LogP contribution < -0.4 is 5.32 Å². The molecule has 11 heteroatoms. The van der Waals surface area contributed by atoms with E-state index in [9.17, 15) is 38.5 Å². The lowest BCUT2D eigenvalue weighted by molar-refractivity contribution is -0.169. The van der Waals surface area contributed by atoms with E-state index < -0.39 is 47.7 Å². The Morgan fingerprint density at radius 2 is 1.52 bits per heavy atom. The van der Waals surface area contributed by atoms with Crippen LogP contribution in [0.1, 0.15) is 96.0 Å². The third kappa shape index (κ3) is 14.6. The van der Waals surface area contributed by atoms with Crippen LogP contribution in [0, 0.1) is 5.92 Å². The Morgan fingerprint density at radius 3 is 2.07 bits per heavy atom. The number of unbranched alkanes of at least 4 members (excludes halogenated alkanes) is 8. The second-order valence-electron chi connectivity index (χ2n) is 11.3. The number of hydrogen-bond acceptors (Lipinski definition) is 7. The summed E-state index contributed by atoms with van der Waals surface area (Å²) in [7, 11) is 2.49. The van der Waals surface area contributed by atoms with Crippen LogP contribution in [0.25, 0.3) is 0 Å². The van der Waals surface area contributed by atoms with Gasteiger partial charge in [-0.2, -0.15) is 0 Å². The van der Waals surface area contributed by atoms with Gasteiger partial charge in [0.05, 0.1) is 13.0 Å². The number of phenolic OH excluding ortho intramolecular Hbond substituents is 1. The average Bonchev–Trinajstić information content (AvgIpc) is 2.99. The maximum absolute atomic E-state index is 14.1. The predicted molar refractivity (Wildman–Crippen MR) is 163 cm³/mol. The number of carboxylic acid groups (broad SMARTS) is 1. The molecule has 0 spiro atoms. The number of rotatable bonds is 24. The summed E-state index contributed by atoms with van der Waals surface area (Å²) in [6.45, 7) is 1.95. The Morgan fingerprint density at radius 1 is 0.932 bits per heavy atom. The molecule has 1 aromatic carbocycles. The SMILES string of the molecule is CCCCCCCC(F)(F)CCCCCC/C=C/[C@H](C(=O)NC(Cc1ccc(O)cc1)C(=O)OC)[C@@](O)(CCOC)C(=O)O. The van der Waals surface area contributed by atoms with Crippen molar-refractivity contribution in [2.75, 3.05) is 20.8 Å². The summed E-state index contributed by atoms with van der Waals surface area (Å²) in [6.07, 6.45) is 9.55. The number of esters is 1. The number of aromatic hydroxyl groups is 1. The molecule has 9 nitrogen and oxygen atoms in total. The topological polar surface area (TPSA) is 142 Å². The van der Waals surface area contributed by atoms with Crippen LogP contribution >= 0.6 is 0 Å². The van der Waals surface area contributed by atoms with Gasteiger partial charge in [0, 0.05) is 39.4 Å². The Hall–Kier alpha value is -3.05. The fraction of sp³-hybridized carbons (Fsp3) is 0.667. The van der Waals surface area contributed by atoms with Crippen LogP contribution in [0.3, 0.4) is 0 Å². The Bertz CT molecular complexity index is 1020.